The van der Waals surface area contributed by atoms with Crippen LogP contribution in [0.3, 0.4) is 0 Å². The minimum Gasteiger partial charge on any atom is -0.383 e. The summed E-state index contributed by atoms with van der Waals surface area (Å²) in [6, 6.07) is 0.255. The van der Waals surface area contributed by atoms with E-state index < -0.39 is 0 Å². The molecule has 0 heterocycles. The summed E-state index contributed by atoms with van der Waals surface area (Å²) in [5.41, 5.74) is 0.712. The topological polar surface area (TPSA) is 23.6 Å². The molecule has 0 aliphatic carbocycles. The average Bonchev–Trinajstić information content (AvgIpc) is 2.12. The van der Waals surface area contributed by atoms with Crippen LogP contribution in [-0.4, -0.2) is 42.4 Å². The number of carbonyl (C=O) groups excluding carboxylic acids is 1. The minimum absolute atomic E-state index is 0.00977. The molecule has 0 radical (unpaired) electrons. The first-order valence-electron chi connectivity index (χ1n) is 4.73. The van der Waals surface area contributed by atoms with Crippen molar-refractivity contribution < 1.29 is 4.79 Å². The molecule has 0 unspecified atom stereocenters. The fraction of sp³-hybridized carbons (Fsp3) is 0.700. The number of amides is 1. The quantitative estimate of drug-likeness (QED) is 0.400. The molecule has 0 aromatic rings. The highest BCUT2D eigenvalue weighted by atomic mass is 35.5. The highest BCUT2D eigenvalue weighted by Gasteiger charge is 2.12. The van der Waals surface area contributed by atoms with Gasteiger partial charge in [-0.15, -0.1) is 11.6 Å². The second-order valence-electron chi connectivity index (χ2n) is 3.46. The Bertz CT molecular complexity index is 214. The Hall–Kier alpha value is -0.700. The first kappa shape index (κ1) is 13.3. The van der Waals surface area contributed by atoms with Crippen molar-refractivity contribution in [3.05, 3.63) is 11.8 Å². The molecule has 0 saturated heterocycles. The number of hydrogen-bond acceptors (Lipinski definition) is 2. The molecule has 0 aromatic carbocycles. The van der Waals surface area contributed by atoms with Gasteiger partial charge in [0.05, 0.1) is 6.00 Å². The average molecular weight is 219 g/mol. The minimum atomic E-state index is 0.00977. The number of carbonyl (C=O) groups is 1. The molecule has 0 atom stereocenters. The molecule has 0 aromatic heterocycles. The van der Waals surface area contributed by atoms with Crippen LogP contribution in [0.2, 0.25) is 0 Å². The van der Waals surface area contributed by atoms with E-state index in [1.165, 1.54) is 0 Å². The summed E-state index contributed by atoms with van der Waals surface area (Å²) in [6.45, 7) is 4.54. The zero-order chi connectivity index (χ0) is 11.1. The monoisotopic (exact) mass is 218 g/mol. The van der Waals surface area contributed by atoms with Gasteiger partial charge in [-0.2, -0.15) is 0 Å². The maximum absolute atomic E-state index is 11.7. The van der Waals surface area contributed by atoms with E-state index in [4.69, 9.17) is 11.6 Å². The van der Waals surface area contributed by atoms with Crippen LogP contribution in [0.4, 0.5) is 0 Å². The van der Waals surface area contributed by atoms with Gasteiger partial charge in [0.15, 0.2) is 0 Å². The molecule has 0 aliphatic heterocycles. The maximum atomic E-state index is 11.7. The standard InChI is InChI=1S/C10H19ClN2O/c1-5-6-13(8-11)10(14)9(2)7-12(3)4/h7H,5-6,8H2,1-4H3. The Labute approximate surface area is 91.3 Å². The molecule has 1 amide bonds. The van der Waals surface area contributed by atoms with Crippen molar-refractivity contribution in [3.63, 3.8) is 0 Å². The van der Waals surface area contributed by atoms with E-state index in [2.05, 4.69) is 0 Å². The summed E-state index contributed by atoms with van der Waals surface area (Å²) in [5, 5.41) is 0. The fourth-order valence-electron chi connectivity index (χ4n) is 1.18. The lowest BCUT2D eigenvalue weighted by Crippen LogP contribution is -2.31. The highest BCUT2D eigenvalue weighted by molar-refractivity contribution is 6.19. The molecule has 0 saturated carbocycles. The smallest absolute Gasteiger partial charge is 0.251 e. The van der Waals surface area contributed by atoms with Crippen LogP contribution in [-0.2, 0) is 4.79 Å². The second kappa shape index (κ2) is 6.71. The molecule has 0 N–H and O–H groups in total. The summed E-state index contributed by atoms with van der Waals surface area (Å²) < 4.78 is 0. The first-order chi connectivity index (χ1) is 6.52. The van der Waals surface area contributed by atoms with Gasteiger partial charge in [-0.25, -0.2) is 0 Å². The number of alkyl halides is 1. The molecule has 0 spiro atoms. The van der Waals surface area contributed by atoms with Gasteiger partial charge in [0.25, 0.3) is 5.91 Å². The Balaban J connectivity index is 4.41. The lowest BCUT2D eigenvalue weighted by molar-refractivity contribution is -0.126. The van der Waals surface area contributed by atoms with Gasteiger partial charge in [-0.3, -0.25) is 4.79 Å². The van der Waals surface area contributed by atoms with Gasteiger partial charge >= 0.3 is 0 Å². The van der Waals surface area contributed by atoms with Crippen LogP contribution in [0.1, 0.15) is 20.3 Å². The summed E-state index contributed by atoms with van der Waals surface area (Å²) in [6.07, 6.45) is 2.73. The summed E-state index contributed by atoms with van der Waals surface area (Å²) >= 11 is 5.69. The predicted molar refractivity (Wildman–Crippen MR) is 60.2 cm³/mol. The lowest BCUT2D eigenvalue weighted by Gasteiger charge is -2.19. The van der Waals surface area contributed by atoms with Gasteiger partial charge in [0.2, 0.25) is 0 Å². The Morgan fingerprint density at radius 1 is 1.43 bits per heavy atom. The molecule has 0 rings (SSSR count). The maximum Gasteiger partial charge on any atom is 0.251 e. The van der Waals surface area contributed by atoms with Crippen molar-refractivity contribution in [3.8, 4) is 0 Å². The van der Waals surface area contributed by atoms with Crippen LogP contribution in [0, 0.1) is 0 Å². The van der Waals surface area contributed by atoms with Crippen molar-refractivity contribution in [1.82, 2.24) is 9.80 Å². The van der Waals surface area contributed by atoms with E-state index in [9.17, 15) is 4.79 Å². The normalized spacial score (nSPS) is 11.4. The third kappa shape index (κ3) is 4.51. The van der Waals surface area contributed by atoms with Crippen LogP contribution < -0.4 is 0 Å². The largest absolute Gasteiger partial charge is 0.383 e. The van der Waals surface area contributed by atoms with Crippen LogP contribution in [0.15, 0.2) is 11.8 Å². The van der Waals surface area contributed by atoms with E-state index in [-0.39, 0.29) is 11.9 Å². The van der Waals surface area contributed by atoms with E-state index >= 15 is 0 Å². The van der Waals surface area contributed by atoms with Crippen molar-refractivity contribution in [2.45, 2.75) is 20.3 Å². The summed E-state index contributed by atoms with van der Waals surface area (Å²) in [5.74, 6) is 0.00977. The molecule has 0 bridgehead atoms. The van der Waals surface area contributed by atoms with Gasteiger partial charge in [-0.1, -0.05) is 6.92 Å². The van der Waals surface area contributed by atoms with Gasteiger partial charge in [0.1, 0.15) is 0 Å². The molecular formula is C10H19ClN2O. The first-order valence-corrected chi connectivity index (χ1v) is 5.26. The number of nitrogens with zero attached hydrogens (tertiary/aromatic N) is 2. The molecule has 4 heteroatoms. The highest BCUT2D eigenvalue weighted by Crippen LogP contribution is 2.04. The molecular weight excluding hydrogens is 200 g/mol. The lowest BCUT2D eigenvalue weighted by atomic mass is 10.2. The summed E-state index contributed by atoms with van der Waals surface area (Å²) in [4.78, 5) is 15.2. The number of halogens is 1. The third-order valence-corrected chi connectivity index (χ3v) is 2.00. The number of rotatable bonds is 5. The van der Waals surface area contributed by atoms with E-state index in [1.54, 1.807) is 18.0 Å². The molecule has 82 valence electrons. The second-order valence-corrected chi connectivity index (χ2v) is 3.70. The number of hydrogen-bond donors (Lipinski definition) is 0. The molecule has 14 heavy (non-hydrogen) atoms. The molecule has 0 fully saturated rings. The van der Waals surface area contributed by atoms with Crippen molar-refractivity contribution in [1.29, 1.82) is 0 Å². The van der Waals surface area contributed by atoms with E-state index in [0.717, 1.165) is 6.42 Å². The van der Waals surface area contributed by atoms with Crippen LogP contribution in [0.25, 0.3) is 0 Å². The molecule has 3 nitrogen and oxygen atoms in total. The van der Waals surface area contributed by atoms with Gasteiger partial charge in [-0.05, 0) is 13.3 Å². The van der Waals surface area contributed by atoms with Crippen molar-refractivity contribution >= 4 is 17.5 Å². The van der Waals surface area contributed by atoms with Gasteiger partial charge < -0.3 is 9.80 Å². The van der Waals surface area contributed by atoms with E-state index in [1.807, 2.05) is 25.9 Å². The van der Waals surface area contributed by atoms with Gasteiger partial charge in [0, 0.05) is 32.4 Å². The third-order valence-electron chi connectivity index (χ3n) is 1.71. The zero-order valence-electron chi connectivity index (χ0n) is 9.38. The Morgan fingerprint density at radius 2 is 2.00 bits per heavy atom. The van der Waals surface area contributed by atoms with Crippen molar-refractivity contribution in [2.24, 2.45) is 0 Å². The SMILES string of the molecule is CCCN(CCl)C(=O)C(C)=CN(C)C. The van der Waals surface area contributed by atoms with E-state index in [0.29, 0.717) is 12.1 Å². The van der Waals surface area contributed by atoms with Crippen LogP contribution >= 0.6 is 11.6 Å². The zero-order valence-corrected chi connectivity index (χ0v) is 10.1. The fourth-order valence-corrected chi connectivity index (χ4v) is 1.41. The Morgan fingerprint density at radius 3 is 2.36 bits per heavy atom. The summed E-state index contributed by atoms with van der Waals surface area (Å²) in [7, 11) is 3.78. The molecule has 0 aliphatic rings. The Kier molecular flexibility index (Phi) is 6.37. The van der Waals surface area contributed by atoms with Crippen LogP contribution in [0.5, 0.6) is 0 Å². The predicted octanol–water partition coefficient (Wildman–Crippen LogP) is 1.89. The van der Waals surface area contributed by atoms with Crippen molar-refractivity contribution in [2.75, 3.05) is 26.6 Å².